The minimum absolute atomic E-state index is 0.285. The van der Waals surface area contributed by atoms with Gasteiger partial charge in [-0.05, 0) is 20.8 Å². The number of hydrogen-bond donors (Lipinski definition) is 2. The molecule has 0 saturated carbocycles. The van der Waals surface area contributed by atoms with Crippen molar-refractivity contribution in [3.8, 4) is 0 Å². The minimum atomic E-state index is 0.285. The number of aromatic amines is 1. The zero-order valence-electron chi connectivity index (χ0n) is 10.8. The highest BCUT2D eigenvalue weighted by Crippen LogP contribution is 2.16. The highest BCUT2D eigenvalue weighted by Gasteiger charge is 2.11. The molecule has 92 valence electrons. The van der Waals surface area contributed by atoms with Crippen LogP contribution >= 0.6 is 0 Å². The van der Waals surface area contributed by atoms with Crippen molar-refractivity contribution in [2.45, 2.75) is 33.4 Å². The fourth-order valence-corrected chi connectivity index (χ4v) is 1.88. The molecule has 0 bridgehead atoms. The topological polar surface area (TPSA) is 58.5 Å². The molecule has 0 spiro atoms. The summed E-state index contributed by atoms with van der Waals surface area (Å²) in [5.74, 6) is 0.951. The molecule has 5 nitrogen and oxygen atoms in total. The lowest BCUT2D eigenvalue weighted by Crippen LogP contribution is -2.18. The third-order valence-electron chi connectivity index (χ3n) is 3.09. The monoisotopic (exact) mass is 233 g/mol. The van der Waals surface area contributed by atoms with Crippen LogP contribution in [0.25, 0.3) is 0 Å². The van der Waals surface area contributed by atoms with E-state index in [-0.39, 0.29) is 6.04 Å². The summed E-state index contributed by atoms with van der Waals surface area (Å²) in [6, 6.07) is 0.285. The van der Waals surface area contributed by atoms with Gasteiger partial charge in [-0.3, -0.25) is 4.68 Å². The first kappa shape index (κ1) is 11.9. The summed E-state index contributed by atoms with van der Waals surface area (Å²) in [6.07, 6.45) is 3.79. The lowest BCUT2D eigenvalue weighted by Gasteiger charge is -2.12. The smallest absolute Gasteiger partial charge is 0.103 e. The molecule has 1 atom stereocenters. The van der Waals surface area contributed by atoms with E-state index in [9.17, 15) is 0 Å². The van der Waals surface area contributed by atoms with Crippen molar-refractivity contribution < 1.29 is 0 Å². The Balaban J connectivity index is 1.98. The van der Waals surface area contributed by atoms with Gasteiger partial charge in [0.15, 0.2) is 0 Å². The first-order valence-electron chi connectivity index (χ1n) is 5.80. The van der Waals surface area contributed by atoms with Crippen molar-refractivity contribution in [2.24, 2.45) is 7.05 Å². The van der Waals surface area contributed by atoms with E-state index < -0.39 is 0 Å². The van der Waals surface area contributed by atoms with E-state index in [1.165, 1.54) is 11.3 Å². The first-order valence-corrected chi connectivity index (χ1v) is 5.80. The zero-order valence-corrected chi connectivity index (χ0v) is 10.8. The Kier molecular flexibility index (Phi) is 3.28. The van der Waals surface area contributed by atoms with Gasteiger partial charge >= 0.3 is 0 Å². The standard InChI is InChI=1S/C12H19N5/c1-8(12-7-15-17(4)9(12)2)13-5-11-6-14-10(3)16-11/h6-8,13H,5H2,1-4H3,(H,14,16). The third-order valence-corrected chi connectivity index (χ3v) is 3.09. The predicted molar refractivity (Wildman–Crippen MR) is 66.5 cm³/mol. The van der Waals surface area contributed by atoms with Gasteiger partial charge in [0.25, 0.3) is 0 Å². The molecule has 2 rings (SSSR count). The van der Waals surface area contributed by atoms with Gasteiger partial charge in [-0.2, -0.15) is 5.10 Å². The van der Waals surface area contributed by atoms with Crippen molar-refractivity contribution in [1.29, 1.82) is 0 Å². The molecular weight excluding hydrogens is 214 g/mol. The Morgan fingerprint density at radius 2 is 2.18 bits per heavy atom. The highest BCUT2D eigenvalue weighted by molar-refractivity contribution is 5.19. The molecule has 0 aliphatic rings. The van der Waals surface area contributed by atoms with E-state index >= 15 is 0 Å². The summed E-state index contributed by atoms with van der Waals surface area (Å²) in [5.41, 5.74) is 3.55. The van der Waals surface area contributed by atoms with Gasteiger partial charge in [-0.1, -0.05) is 0 Å². The number of aromatic nitrogens is 4. The largest absolute Gasteiger partial charge is 0.345 e. The van der Waals surface area contributed by atoms with Crippen LogP contribution in [-0.2, 0) is 13.6 Å². The highest BCUT2D eigenvalue weighted by atomic mass is 15.3. The molecule has 0 aliphatic carbocycles. The lowest BCUT2D eigenvalue weighted by molar-refractivity contribution is 0.564. The summed E-state index contributed by atoms with van der Waals surface area (Å²) in [6.45, 7) is 6.97. The van der Waals surface area contributed by atoms with Gasteiger partial charge in [0.2, 0.25) is 0 Å². The summed E-state index contributed by atoms with van der Waals surface area (Å²) >= 11 is 0. The van der Waals surface area contributed by atoms with Gasteiger partial charge in [-0.25, -0.2) is 4.98 Å². The lowest BCUT2D eigenvalue weighted by atomic mass is 10.1. The maximum absolute atomic E-state index is 4.25. The average Bonchev–Trinajstić information content (AvgIpc) is 2.84. The molecule has 0 radical (unpaired) electrons. The van der Waals surface area contributed by atoms with Crippen LogP contribution < -0.4 is 5.32 Å². The molecule has 2 aromatic rings. The van der Waals surface area contributed by atoms with Gasteiger partial charge in [0.05, 0.1) is 6.20 Å². The molecule has 0 aliphatic heterocycles. The second-order valence-electron chi connectivity index (χ2n) is 4.41. The molecule has 0 fully saturated rings. The molecular formula is C12H19N5. The van der Waals surface area contributed by atoms with Crippen LogP contribution in [0.2, 0.25) is 0 Å². The van der Waals surface area contributed by atoms with Crippen molar-refractivity contribution in [1.82, 2.24) is 25.1 Å². The maximum Gasteiger partial charge on any atom is 0.103 e. The van der Waals surface area contributed by atoms with Gasteiger partial charge < -0.3 is 10.3 Å². The van der Waals surface area contributed by atoms with E-state index in [4.69, 9.17) is 0 Å². The summed E-state index contributed by atoms with van der Waals surface area (Å²) in [5, 5.41) is 7.71. The second kappa shape index (κ2) is 4.71. The SMILES string of the molecule is Cc1ncc(CNC(C)c2cnn(C)c2C)[nH]1. The Morgan fingerprint density at radius 1 is 1.41 bits per heavy atom. The number of rotatable bonds is 4. The first-order chi connectivity index (χ1) is 8.08. The van der Waals surface area contributed by atoms with Crippen LogP contribution in [0.4, 0.5) is 0 Å². The molecule has 0 aromatic carbocycles. The average molecular weight is 233 g/mol. The van der Waals surface area contributed by atoms with Crippen molar-refractivity contribution in [3.05, 3.63) is 35.2 Å². The van der Waals surface area contributed by atoms with Crippen molar-refractivity contribution in [3.63, 3.8) is 0 Å². The second-order valence-corrected chi connectivity index (χ2v) is 4.41. The number of hydrogen-bond acceptors (Lipinski definition) is 3. The van der Waals surface area contributed by atoms with Crippen LogP contribution in [0.15, 0.2) is 12.4 Å². The number of imidazole rings is 1. The van der Waals surface area contributed by atoms with Gasteiger partial charge in [0.1, 0.15) is 5.82 Å². The Morgan fingerprint density at radius 3 is 2.71 bits per heavy atom. The molecule has 0 amide bonds. The van der Waals surface area contributed by atoms with E-state index in [0.717, 1.165) is 18.1 Å². The quantitative estimate of drug-likeness (QED) is 0.843. The van der Waals surface area contributed by atoms with Crippen molar-refractivity contribution >= 4 is 0 Å². The van der Waals surface area contributed by atoms with E-state index in [1.54, 1.807) is 0 Å². The van der Waals surface area contributed by atoms with Crippen LogP contribution in [0.5, 0.6) is 0 Å². The Hall–Kier alpha value is -1.62. The van der Waals surface area contributed by atoms with Crippen LogP contribution in [0.1, 0.15) is 35.7 Å². The number of nitrogens with one attached hydrogen (secondary N) is 2. The molecule has 2 heterocycles. The molecule has 5 heteroatoms. The summed E-state index contributed by atoms with van der Waals surface area (Å²) in [4.78, 5) is 7.39. The van der Waals surface area contributed by atoms with Crippen molar-refractivity contribution in [2.75, 3.05) is 0 Å². The summed E-state index contributed by atoms with van der Waals surface area (Å²) < 4.78 is 1.90. The number of H-pyrrole nitrogens is 1. The molecule has 0 saturated heterocycles. The van der Waals surface area contributed by atoms with Crippen LogP contribution in [0, 0.1) is 13.8 Å². The van der Waals surface area contributed by atoms with E-state index in [1.807, 2.05) is 31.0 Å². The fourth-order valence-electron chi connectivity index (χ4n) is 1.88. The Labute approximate surface area is 101 Å². The summed E-state index contributed by atoms with van der Waals surface area (Å²) in [7, 11) is 1.96. The van der Waals surface area contributed by atoms with E-state index in [2.05, 4.69) is 34.2 Å². The minimum Gasteiger partial charge on any atom is -0.345 e. The fraction of sp³-hybridized carbons (Fsp3) is 0.500. The molecule has 2 aromatic heterocycles. The maximum atomic E-state index is 4.25. The Bertz CT molecular complexity index is 497. The normalized spacial score (nSPS) is 12.9. The van der Waals surface area contributed by atoms with Gasteiger partial charge in [0, 0.05) is 42.8 Å². The molecule has 2 N–H and O–H groups in total. The predicted octanol–water partition coefficient (Wildman–Crippen LogP) is 1.61. The number of nitrogens with zero attached hydrogens (tertiary/aromatic N) is 3. The van der Waals surface area contributed by atoms with Crippen LogP contribution in [-0.4, -0.2) is 19.7 Å². The third kappa shape index (κ3) is 2.55. The van der Waals surface area contributed by atoms with Crippen LogP contribution in [0.3, 0.4) is 0 Å². The molecule has 1 unspecified atom stereocenters. The van der Waals surface area contributed by atoms with Gasteiger partial charge in [-0.15, -0.1) is 0 Å². The van der Waals surface area contributed by atoms with E-state index in [0.29, 0.717) is 0 Å². The number of aryl methyl sites for hydroxylation is 2. The molecule has 17 heavy (non-hydrogen) atoms. The zero-order chi connectivity index (χ0) is 12.4.